The van der Waals surface area contributed by atoms with Crippen molar-refractivity contribution in [2.45, 2.75) is 32.1 Å². The van der Waals surface area contributed by atoms with E-state index in [1.807, 2.05) is 30.3 Å². The first-order valence-electron chi connectivity index (χ1n) is 7.27. The lowest BCUT2D eigenvalue weighted by molar-refractivity contribution is -0.140. The summed E-state index contributed by atoms with van der Waals surface area (Å²) in [5.74, 6) is -0.620. The van der Waals surface area contributed by atoms with Gasteiger partial charge in [0.15, 0.2) is 5.78 Å². The number of aliphatic imine (C=N–C) groups is 1. The van der Waals surface area contributed by atoms with Crippen LogP contribution < -0.4 is 0 Å². The molecule has 0 aliphatic heterocycles. The molecule has 0 radical (unpaired) electrons. The van der Waals surface area contributed by atoms with Crippen LogP contribution >= 0.6 is 0 Å². The summed E-state index contributed by atoms with van der Waals surface area (Å²) in [5.41, 5.74) is 1.59. The lowest BCUT2D eigenvalue weighted by Crippen LogP contribution is -2.21. The fourth-order valence-electron chi connectivity index (χ4n) is 2.37. The van der Waals surface area contributed by atoms with Crippen molar-refractivity contribution in [2.24, 2.45) is 4.99 Å². The van der Waals surface area contributed by atoms with Crippen LogP contribution in [0.1, 0.15) is 32.1 Å². The maximum Gasteiger partial charge on any atom is 0.305 e. The summed E-state index contributed by atoms with van der Waals surface area (Å²) >= 11 is 0. The highest BCUT2D eigenvalue weighted by Crippen LogP contribution is 2.25. The minimum atomic E-state index is -0.419. The van der Waals surface area contributed by atoms with Crippen LogP contribution in [0.4, 0.5) is 5.69 Å². The summed E-state index contributed by atoms with van der Waals surface area (Å²) in [6.45, 7) is 0. The molecule has 22 heavy (non-hydrogen) atoms. The Balaban J connectivity index is 2.28. The average molecular weight is 301 g/mol. The van der Waals surface area contributed by atoms with Crippen molar-refractivity contribution in [3.8, 4) is 0 Å². The Bertz CT molecular complexity index is 617. The van der Waals surface area contributed by atoms with Crippen LogP contribution in [0, 0.1) is 0 Å². The van der Waals surface area contributed by atoms with Crippen molar-refractivity contribution >= 4 is 23.2 Å². The Hall–Kier alpha value is -2.43. The van der Waals surface area contributed by atoms with E-state index in [-0.39, 0.29) is 30.0 Å². The number of para-hydroxylation sites is 1. The molecule has 1 aromatic carbocycles. The van der Waals surface area contributed by atoms with Gasteiger partial charge in [0, 0.05) is 12.8 Å². The van der Waals surface area contributed by atoms with Crippen LogP contribution in [0.3, 0.4) is 0 Å². The van der Waals surface area contributed by atoms with Crippen molar-refractivity contribution in [3.05, 3.63) is 41.7 Å². The highest BCUT2D eigenvalue weighted by Gasteiger charge is 2.25. The van der Waals surface area contributed by atoms with E-state index in [0.29, 0.717) is 18.6 Å². The van der Waals surface area contributed by atoms with Crippen molar-refractivity contribution in [1.29, 1.82) is 0 Å². The number of carbonyl (C=O) groups is 2. The molecule has 0 spiro atoms. The van der Waals surface area contributed by atoms with Gasteiger partial charge in [-0.1, -0.05) is 18.2 Å². The Morgan fingerprint density at radius 2 is 1.95 bits per heavy atom. The number of carbonyl (C=O) groups excluding carboxylic acids is 2. The molecule has 1 aliphatic carbocycles. The first-order valence-corrected chi connectivity index (χ1v) is 7.27. The van der Waals surface area contributed by atoms with E-state index in [4.69, 9.17) is 0 Å². The molecule has 0 heterocycles. The largest absolute Gasteiger partial charge is 0.511 e. The molecule has 1 saturated carbocycles. The van der Waals surface area contributed by atoms with Gasteiger partial charge in [-0.15, -0.1) is 0 Å². The predicted molar refractivity (Wildman–Crippen MR) is 83.3 cm³/mol. The zero-order valence-corrected chi connectivity index (χ0v) is 12.5. The first kappa shape index (κ1) is 15.9. The molecule has 1 aliphatic rings. The highest BCUT2D eigenvalue weighted by molar-refractivity contribution is 6.24. The number of hydrogen-bond acceptors (Lipinski definition) is 5. The summed E-state index contributed by atoms with van der Waals surface area (Å²) in [6.07, 6.45) is 1.88. The van der Waals surface area contributed by atoms with Gasteiger partial charge in [0.1, 0.15) is 5.76 Å². The Morgan fingerprint density at radius 1 is 1.23 bits per heavy atom. The van der Waals surface area contributed by atoms with Crippen LogP contribution in [0.15, 0.2) is 46.7 Å². The molecule has 116 valence electrons. The molecule has 1 aromatic rings. The molecule has 5 heteroatoms. The van der Waals surface area contributed by atoms with E-state index in [2.05, 4.69) is 9.73 Å². The van der Waals surface area contributed by atoms with Gasteiger partial charge in [0.25, 0.3) is 0 Å². The zero-order chi connectivity index (χ0) is 15.9. The van der Waals surface area contributed by atoms with Gasteiger partial charge < -0.3 is 9.84 Å². The lowest BCUT2D eigenvalue weighted by atomic mass is 9.89. The fraction of sp³-hybridized carbons (Fsp3) is 0.353. The molecule has 2 rings (SSSR count). The second-order valence-corrected chi connectivity index (χ2v) is 5.07. The van der Waals surface area contributed by atoms with Crippen LogP contribution in [-0.2, 0) is 14.3 Å². The smallest absolute Gasteiger partial charge is 0.305 e. The van der Waals surface area contributed by atoms with Crippen molar-refractivity contribution in [3.63, 3.8) is 0 Å². The van der Waals surface area contributed by atoms with Gasteiger partial charge in [-0.2, -0.15) is 0 Å². The van der Waals surface area contributed by atoms with Crippen molar-refractivity contribution < 1.29 is 19.4 Å². The fourth-order valence-corrected chi connectivity index (χ4v) is 2.37. The summed E-state index contributed by atoms with van der Waals surface area (Å²) in [4.78, 5) is 27.8. The molecule has 1 fully saturated rings. The summed E-state index contributed by atoms with van der Waals surface area (Å²) < 4.78 is 4.55. The predicted octanol–water partition coefficient (Wildman–Crippen LogP) is 3.28. The van der Waals surface area contributed by atoms with Gasteiger partial charge in [-0.3, -0.25) is 14.6 Å². The molecular formula is C17H19NO4. The van der Waals surface area contributed by atoms with Gasteiger partial charge in [-0.05, 0) is 25.0 Å². The number of ether oxygens (including phenoxy) is 1. The molecule has 0 bridgehead atoms. The number of aliphatic hydroxyl groups is 1. The number of Topliss-reactive ketones (excluding diaryl/α,β-unsaturated/α-hetero) is 1. The van der Waals surface area contributed by atoms with Crippen molar-refractivity contribution in [1.82, 2.24) is 0 Å². The van der Waals surface area contributed by atoms with Gasteiger partial charge in [0.2, 0.25) is 0 Å². The maximum atomic E-state index is 12.1. The average Bonchev–Trinajstić information content (AvgIpc) is 2.53. The van der Waals surface area contributed by atoms with E-state index in [1.54, 1.807) is 0 Å². The number of ketones is 1. The van der Waals surface area contributed by atoms with E-state index < -0.39 is 5.97 Å². The second kappa shape index (κ2) is 7.54. The minimum Gasteiger partial charge on any atom is -0.511 e. The first-order chi connectivity index (χ1) is 10.6. The van der Waals surface area contributed by atoms with E-state index in [1.165, 1.54) is 7.11 Å². The normalized spacial score (nSPS) is 19.1. The molecule has 0 aromatic heterocycles. The minimum absolute atomic E-state index is 0.0394. The number of aliphatic hydroxyl groups excluding tert-OH is 1. The molecule has 5 nitrogen and oxygen atoms in total. The van der Waals surface area contributed by atoms with Gasteiger partial charge in [0.05, 0.1) is 30.5 Å². The quantitative estimate of drug-likeness (QED) is 0.526. The monoisotopic (exact) mass is 301 g/mol. The SMILES string of the molecule is COC(=O)CC/C(O)=C1\C(=O)CCCC1=Nc1ccccc1. The number of methoxy groups -OCH3 is 1. The van der Waals surface area contributed by atoms with Gasteiger partial charge in [-0.25, -0.2) is 0 Å². The third kappa shape index (κ3) is 4.04. The molecule has 0 atom stereocenters. The summed E-state index contributed by atoms with van der Waals surface area (Å²) in [6, 6.07) is 9.31. The molecular weight excluding hydrogens is 282 g/mol. The Kier molecular flexibility index (Phi) is 5.47. The highest BCUT2D eigenvalue weighted by atomic mass is 16.5. The van der Waals surface area contributed by atoms with E-state index in [0.717, 1.165) is 12.1 Å². The summed E-state index contributed by atoms with van der Waals surface area (Å²) in [7, 11) is 1.29. The van der Waals surface area contributed by atoms with Gasteiger partial charge >= 0.3 is 5.97 Å². The van der Waals surface area contributed by atoms with Crippen LogP contribution in [0.2, 0.25) is 0 Å². The lowest BCUT2D eigenvalue weighted by Gasteiger charge is -2.17. The number of allylic oxidation sites excluding steroid dienone is 2. The maximum absolute atomic E-state index is 12.1. The number of hydrogen-bond donors (Lipinski definition) is 1. The molecule has 0 amide bonds. The van der Waals surface area contributed by atoms with Crippen LogP contribution in [0.5, 0.6) is 0 Å². The third-order valence-electron chi connectivity index (χ3n) is 3.49. The van der Waals surface area contributed by atoms with Crippen LogP contribution in [-0.4, -0.2) is 29.7 Å². The molecule has 1 N–H and O–H groups in total. The third-order valence-corrected chi connectivity index (χ3v) is 3.49. The van der Waals surface area contributed by atoms with E-state index in [9.17, 15) is 14.7 Å². The van der Waals surface area contributed by atoms with Crippen LogP contribution in [0.25, 0.3) is 0 Å². The standard InChI is InChI=1S/C17H19NO4/c1-22-16(21)11-10-15(20)17-13(8-5-9-14(17)19)18-12-6-3-2-4-7-12/h2-4,6-7,20H,5,8-11H2,1H3/b17-15+,18-13?. The Labute approximate surface area is 129 Å². The molecule has 0 unspecified atom stereocenters. The summed E-state index contributed by atoms with van der Waals surface area (Å²) in [5, 5.41) is 10.2. The van der Waals surface area contributed by atoms with Crippen molar-refractivity contribution in [2.75, 3.05) is 7.11 Å². The Morgan fingerprint density at radius 3 is 2.64 bits per heavy atom. The zero-order valence-electron chi connectivity index (χ0n) is 12.5. The number of rotatable bonds is 4. The number of esters is 1. The number of benzene rings is 1. The number of nitrogens with zero attached hydrogens (tertiary/aromatic N) is 1. The topological polar surface area (TPSA) is 76.0 Å². The molecule has 0 saturated heterocycles. The second-order valence-electron chi connectivity index (χ2n) is 5.07. The van der Waals surface area contributed by atoms with E-state index >= 15 is 0 Å².